The third-order valence-corrected chi connectivity index (χ3v) is 5.63. The van der Waals surface area contributed by atoms with Gasteiger partial charge in [0.2, 0.25) is 0 Å². The molecular weight excluding hydrogens is 457 g/mol. The molecule has 1 atom stereocenters. The SMILES string of the molecule is CC.CC(C)N(CCOC(=O)CNP(Oc1ccccc1)Oc1ccc([N+](=O)[O-])cc1)C(C)C. The fraction of sp³-hybridized carbons (Fsp3) is 0.458. The zero-order valence-corrected chi connectivity index (χ0v) is 21.7. The number of non-ortho nitro benzene ring substituents is 1. The number of para-hydroxylation sites is 1. The van der Waals surface area contributed by atoms with Crippen molar-refractivity contribution in [1.29, 1.82) is 0 Å². The van der Waals surface area contributed by atoms with E-state index in [0.717, 1.165) is 0 Å². The zero-order valence-electron chi connectivity index (χ0n) is 20.8. The second-order valence-electron chi connectivity index (χ2n) is 7.48. The first-order chi connectivity index (χ1) is 16.3. The predicted molar refractivity (Wildman–Crippen MR) is 135 cm³/mol. The van der Waals surface area contributed by atoms with E-state index in [1.807, 2.05) is 32.0 Å². The summed E-state index contributed by atoms with van der Waals surface area (Å²) in [5.41, 5.74) is -0.0426. The molecule has 0 radical (unpaired) electrons. The fourth-order valence-electron chi connectivity index (χ4n) is 2.94. The summed E-state index contributed by atoms with van der Waals surface area (Å²) in [5.74, 6) is 0.517. The maximum Gasteiger partial charge on any atom is 0.382 e. The van der Waals surface area contributed by atoms with Crippen molar-refractivity contribution < 1.29 is 23.5 Å². The predicted octanol–water partition coefficient (Wildman–Crippen LogP) is 5.56. The summed E-state index contributed by atoms with van der Waals surface area (Å²) < 4.78 is 17.0. The molecule has 2 rings (SSSR count). The monoisotopic (exact) mass is 493 g/mol. The van der Waals surface area contributed by atoms with Crippen LogP contribution in [-0.4, -0.2) is 47.6 Å². The lowest BCUT2D eigenvalue weighted by molar-refractivity contribution is -0.384. The second kappa shape index (κ2) is 16.0. The number of nitro groups is 1. The van der Waals surface area contributed by atoms with Crippen LogP contribution in [0.2, 0.25) is 0 Å². The fourth-order valence-corrected chi connectivity index (χ4v) is 3.99. The minimum absolute atomic E-state index is 0.0426. The molecule has 9 nitrogen and oxygen atoms in total. The molecule has 0 aliphatic carbocycles. The van der Waals surface area contributed by atoms with Crippen LogP contribution in [-0.2, 0) is 9.53 Å². The number of carbonyl (C=O) groups excluding carboxylic acids is 1. The molecule has 2 aromatic rings. The average molecular weight is 494 g/mol. The van der Waals surface area contributed by atoms with Crippen molar-refractivity contribution in [3.8, 4) is 11.5 Å². The Labute approximate surface area is 203 Å². The summed E-state index contributed by atoms with van der Waals surface area (Å²) in [6.07, 6.45) is 0. The van der Waals surface area contributed by atoms with Crippen molar-refractivity contribution in [3.63, 3.8) is 0 Å². The highest BCUT2D eigenvalue weighted by atomic mass is 31.2. The third kappa shape index (κ3) is 10.9. The largest absolute Gasteiger partial charge is 0.463 e. The van der Waals surface area contributed by atoms with Gasteiger partial charge in [-0.2, -0.15) is 0 Å². The van der Waals surface area contributed by atoms with Crippen molar-refractivity contribution in [2.45, 2.75) is 53.6 Å². The number of carbonyl (C=O) groups is 1. The van der Waals surface area contributed by atoms with Crippen LogP contribution in [0.1, 0.15) is 41.5 Å². The Morgan fingerprint density at radius 1 is 0.971 bits per heavy atom. The molecule has 0 saturated carbocycles. The molecule has 34 heavy (non-hydrogen) atoms. The van der Waals surface area contributed by atoms with Gasteiger partial charge in [-0.3, -0.25) is 19.8 Å². The molecule has 1 N–H and O–H groups in total. The van der Waals surface area contributed by atoms with E-state index in [0.29, 0.717) is 30.1 Å². The Bertz CT molecular complexity index is 842. The summed E-state index contributed by atoms with van der Waals surface area (Å²) >= 11 is 0. The number of hydrogen-bond donors (Lipinski definition) is 1. The summed E-state index contributed by atoms with van der Waals surface area (Å²) in [7, 11) is -1.75. The van der Waals surface area contributed by atoms with Gasteiger partial charge in [-0.05, 0) is 52.0 Å². The minimum atomic E-state index is -1.75. The van der Waals surface area contributed by atoms with Gasteiger partial charge >= 0.3 is 14.5 Å². The highest BCUT2D eigenvalue weighted by Crippen LogP contribution is 2.37. The van der Waals surface area contributed by atoms with Crippen LogP contribution in [0.5, 0.6) is 11.5 Å². The molecule has 0 fully saturated rings. The average Bonchev–Trinajstić information content (AvgIpc) is 2.82. The molecule has 188 valence electrons. The summed E-state index contributed by atoms with van der Waals surface area (Å²) in [6.45, 7) is 13.3. The van der Waals surface area contributed by atoms with Crippen LogP contribution in [0.25, 0.3) is 0 Å². The van der Waals surface area contributed by atoms with Crippen LogP contribution < -0.4 is 14.1 Å². The number of nitrogens with one attached hydrogen (secondary N) is 1. The van der Waals surface area contributed by atoms with Crippen LogP contribution in [0.4, 0.5) is 5.69 Å². The number of hydrogen-bond acceptors (Lipinski definition) is 8. The van der Waals surface area contributed by atoms with Gasteiger partial charge in [0.25, 0.3) is 5.69 Å². The standard InChI is InChI=1S/C22H30N3O6P.C2H6/c1-17(2)24(18(3)4)14-15-29-22(26)16-23-32(30-20-8-6-5-7-9-20)31-21-12-10-19(11-13-21)25(27)28;1-2/h5-13,17-18,23H,14-16H2,1-4H3;1-2H3. The van der Waals surface area contributed by atoms with E-state index in [1.54, 1.807) is 12.1 Å². The van der Waals surface area contributed by atoms with Crippen molar-refractivity contribution in [3.05, 3.63) is 64.7 Å². The molecule has 1 unspecified atom stereocenters. The molecule has 0 bridgehead atoms. The summed E-state index contributed by atoms with van der Waals surface area (Å²) in [4.78, 5) is 24.8. The molecule has 0 saturated heterocycles. The molecule has 0 amide bonds. The number of nitro benzene ring substituents is 1. The molecule has 0 spiro atoms. The summed E-state index contributed by atoms with van der Waals surface area (Å²) in [6, 6.07) is 15.4. The zero-order chi connectivity index (χ0) is 25.5. The molecule has 2 aromatic carbocycles. The Hall–Kier alpha value is -2.74. The molecule has 0 heterocycles. The molecule has 0 aliphatic rings. The van der Waals surface area contributed by atoms with E-state index in [2.05, 4.69) is 37.7 Å². The Kier molecular flexibility index (Phi) is 13.8. The Morgan fingerprint density at radius 3 is 2.00 bits per heavy atom. The summed E-state index contributed by atoms with van der Waals surface area (Å²) in [5, 5.41) is 13.8. The molecule has 10 heteroatoms. The van der Waals surface area contributed by atoms with Crippen molar-refractivity contribution in [1.82, 2.24) is 9.99 Å². The van der Waals surface area contributed by atoms with E-state index >= 15 is 0 Å². The van der Waals surface area contributed by atoms with E-state index in [1.165, 1.54) is 24.3 Å². The van der Waals surface area contributed by atoms with Gasteiger partial charge < -0.3 is 13.8 Å². The number of benzene rings is 2. The first-order valence-corrected chi connectivity index (χ1v) is 12.5. The Morgan fingerprint density at radius 2 is 1.50 bits per heavy atom. The van der Waals surface area contributed by atoms with Gasteiger partial charge in [0.15, 0.2) is 0 Å². The minimum Gasteiger partial charge on any atom is -0.463 e. The lowest BCUT2D eigenvalue weighted by atomic mass is 10.2. The maximum absolute atomic E-state index is 12.2. The molecular formula is C24H36N3O6P. The second-order valence-corrected chi connectivity index (χ2v) is 8.68. The first kappa shape index (κ1) is 29.3. The van der Waals surface area contributed by atoms with Crippen LogP contribution in [0, 0.1) is 10.1 Å². The highest BCUT2D eigenvalue weighted by Gasteiger charge is 2.19. The smallest absolute Gasteiger partial charge is 0.382 e. The van der Waals surface area contributed by atoms with Gasteiger partial charge in [-0.25, -0.2) is 5.09 Å². The van der Waals surface area contributed by atoms with Crippen molar-refractivity contribution >= 4 is 20.2 Å². The number of ether oxygens (including phenoxy) is 1. The van der Waals surface area contributed by atoms with E-state index in [4.69, 9.17) is 13.8 Å². The highest BCUT2D eigenvalue weighted by molar-refractivity contribution is 7.45. The van der Waals surface area contributed by atoms with Crippen LogP contribution in [0.15, 0.2) is 54.6 Å². The number of nitrogens with zero attached hydrogens (tertiary/aromatic N) is 2. The van der Waals surface area contributed by atoms with E-state index < -0.39 is 19.4 Å². The number of esters is 1. The number of rotatable bonds is 13. The first-order valence-electron chi connectivity index (χ1n) is 11.4. The van der Waals surface area contributed by atoms with Crippen LogP contribution in [0.3, 0.4) is 0 Å². The van der Waals surface area contributed by atoms with Crippen molar-refractivity contribution in [2.24, 2.45) is 0 Å². The third-order valence-electron chi connectivity index (χ3n) is 4.46. The Balaban J connectivity index is 0.00000281. The van der Waals surface area contributed by atoms with E-state index in [9.17, 15) is 14.9 Å². The lowest BCUT2D eigenvalue weighted by Crippen LogP contribution is -2.40. The quantitative estimate of drug-likeness (QED) is 0.167. The van der Waals surface area contributed by atoms with Gasteiger partial charge in [-0.1, -0.05) is 32.0 Å². The van der Waals surface area contributed by atoms with Gasteiger partial charge in [0, 0.05) is 30.8 Å². The maximum atomic E-state index is 12.2. The topological polar surface area (TPSA) is 103 Å². The lowest BCUT2D eigenvalue weighted by Gasteiger charge is -2.30. The molecule has 0 aromatic heterocycles. The van der Waals surface area contributed by atoms with Crippen molar-refractivity contribution in [2.75, 3.05) is 19.7 Å². The molecule has 0 aliphatic heterocycles. The van der Waals surface area contributed by atoms with Gasteiger partial charge in [-0.15, -0.1) is 0 Å². The van der Waals surface area contributed by atoms with E-state index in [-0.39, 0.29) is 18.8 Å². The van der Waals surface area contributed by atoms with Gasteiger partial charge in [0.05, 0.1) is 4.92 Å². The van der Waals surface area contributed by atoms with Crippen LogP contribution >= 0.6 is 8.53 Å². The normalized spacial score (nSPS) is 11.6. The van der Waals surface area contributed by atoms with Gasteiger partial charge in [0.1, 0.15) is 24.7 Å².